The number of piperidine rings is 1. The number of rotatable bonds is 4. The first-order valence-electron chi connectivity index (χ1n) is 8.69. The minimum Gasteiger partial charge on any atom is -0.317 e. The van der Waals surface area contributed by atoms with Crippen molar-refractivity contribution >= 4 is 5.65 Å². The molecule has 1 fully saturated rings. The molecule has 0 aliphatic carbocycles. The van der Waals surface area contributed by atoms with Gasteiger partial charge in [-0.3, -0.25) is 9.38 Å². The van der Waals surface area contributed by atoms with E-state index in [2.05, 4.69) is 36.6 Å². The monoisotopic (exact) mass is 322 g/mol. The molecular formula is C18H22N6. The van der Waals surface area contributed by atoms with Gasteiger partial charge in [-0.1, -0.05) is 6.92 Å². The van der Waals surface area contributed by atoms with Crippen LogP contribution in [0.4, 0.5) is 0 Å². The molecule has 0 saturated carbocycles. The number of aromatic nitrogens is 5. The van der Waals surface area contributed by atoms with E-state index in [-0.39, 0.29) is 0 Å². The second-order valence-electron chi connectivity index (χ2n) is 6.32. The first kappa shape index (κ1) is 15.2. The lowest BCUT2D eigenvalue weighted by molar-refractivity contribution is 0.370. The average molecular weight is 322 g/mol. The summed E-state index contributed by atoms with van der Waals surface area (Å²) >= 11 is 0. The highest BCUT2D eigenvalue weighted by atomic mass is 15.0. The van der Waals surface area contributed by atoms with Gasteiger partial charge in [-0.15, -0.1) is 0 Å². The molecule has 0 aromatic carbocycles. The normalized spacial score (nSPS) is 15.9. The Labute approximate surface area is 141 Å². The highest BCUT2D eigenvalue weighted by Crippen LogP contribution is 2.23. The summed E-state index contributed by atoms with van der Waals surface area (Å²) in [4.78, 5) is 18.2. The van der Waals surface area contributed by atoms with Crippen molar-refractivity contribution in [3.8, 4) is 11.4 Å². The van der Waals surface area contributed by atoms with E-state index < -0.39 is 0 Å². The van der Waals surface area contributed by atoms with Gasteiger partial charge in [0, 0.05) is 25.0 Å². The fraction of sp³-hybridized carbons (Fsp3) is 0.444. The number of nitrogens with one attached hydrogen (secondary N) is 1. The fourth-order valence-electron chi connectivity index (χ4n) is 3.38. The van der Waals surface area contributed by atoms with Crippen molar-refractivity contribution in [1.29, 1.82) is 0 Å². The van der Waals surface area contributed by atoms with Gasteiger partial charge in [0.15, 0.2) is 5.65 Å². The van der Waals surface area contributed by atoms with E-state index in [0.29, 0.717) is 5.92 Å². The average Bonchev–Trinajstić information content (AvgIpc) is 3.08. The lowest BCUT2D eigenvalue weighted by Gasteiger charge is -2.22. The number of nitrogens with zero attached hydrogens (tertiary/aromatic N) is 5. The van der Waals surface area contributed by atoms with Gasteiger partial charge in [0.2, 0.25) is 0 Å². The highest BCUT2D eigenvalue weighted by Gasteiger charge is 2.18. The predicted molar refractivity (Wildman–Crippen MR) is 92.7 cm³/mol. The molecule has 124 valence electrons. The van der Waals surface area contributed by atoms with Crippen LogP contribution >= 0.6 is 0 Å². The van der Waals surface area contributed by atoms with E-state index in [1.807, 2.05) is 30.9 Å². The molecule has 1 aliphatic rings. The topological polar surface area (TPSA) is 68.0 Å². The van der Waals surface area contributed by atoms with E-state index in [4.69, 9.17) is 0 Å². The summed E-state index contributed by atoms with van der Waals surface area (Å²) in [6.45, 7) is 4.27. The summed E-state index contributed by atoms with van der Waals surface area (Å²) in [5.74, 6) is 1.54. The smallest absolute Gasteiger partial charge is 0.159 e. The predicted octanol–water partition coefficient (Wildman–Crippen LogP) is 2.29. The van der Waals surface area contributed by atoms with Gasteiger partial charge in [0.1, 0.15) is 5.82 Å². The van der Waals surface area contributed by atoms with Gasteiger partial charge in [-0.25, -0.2) is 15.0 Å². The van der Waals surface area contributed by atoms with Crippen molar-refractivity contribution in [1.82, 2.24) is 29.7 Å². The molecule has 1 aliphatic heterocycles. The third-order valence-corrected chi connectivity index (χ3v) is 4.73. The van der Waals surface area contributed by atoms with E-state index in [1.54, 1.807) is 0 Å². The Morgan fingerprint density at radius 3 is 2.88 bits per heavy atom. The summed E-state index contributed by atoms with van der Waals surface area (Å²) in [7, 11) is 0. The van der Waals surface area contributed by atoms with Crippen LogP contribution in [-0.2, 0) is 12.8 Å². The second-order valence-corrected chi connectivity index (χ2v) is 6.32. The van der Waals surface area contributed by atoms with E-state index >= 15 is 0 Å². The van der Waals surface area contributed by atoms with Gasteiger partial charge >= 0.3 is 0 Å². The Balaban J connectivity index is 1.70. The zero-order valence-electron chi connectivity index (χ0n) is 13.9. The Hall–Kier alpha value is -2.34. The lowest BCUT2D eigenvalue weighted by Crippen LogP contribution is -2.28. The molecular weight excluding hydrogens is 300 g/mol. The van der Waals surface area contributed by atoms with Crippen LogP contribution in [0.2, 0.25) is 0 Å². The molecule has 0 atom stereocenters. The van der Waals surface area contributed by atoms with Crippen LogP contribution in [0.25, 0.3) is 17.0 Å². The summed E-state index contributed by atoms with van der Waals surface area (Å²) < 4.78 is 2.10. The second kappa shape index (κ2) is 6.65. The molecule has 24 heavy (non-hydrogen) atoms. The van der Waals surface area contributed by atoms with Crippen LogP contribution in [0.1, 0.15) is 31.3 Å². The highest BCUT2D eigenvalue weighted by molar-refractivity contribution is 5.61. The van der Waals surface area contributed by atoms with Crippen LogP contribution in [-0.4, -0.2) is 37.4 Å². The first-order valence-corrected chi connectivity index (χ1v) is 8.69. The number of hydrogen-bond donors (Lipinski definition) is 1. The molecule has 3 aromatic heterocycles. The molecule has 0 amide bonds. The molecule has 1 N–H and O–H groups in total. The maximum atomic E-state index is 4.64. The van der Waals surface area contributed by atoms with Crippen molar-refractivity contribution < 1.29 is 0 Å². The first-order chi connectivity index (χ1) is 11.8. The van der Waals surface area contributed by atoms with Crippen molar-refractivity contribution in [2.45, 2.75) is 32.6 Å². The Kier molecular flexibility index (Phi) is 4.21. The maximum Gasteiger partial charge on any atom is 0.159 e. The fourth-order valence-corrected chi connectivity index (χ4v) is 3.38. The minimum atomic E-state index is 0.691. The SMILES string of the molecule is CCc1nccc(-c2cnc3c(CC4CCNCC4)nccn23)n1. The van der Waals surface area contributed by atoms with E-state index in [9.17, 15) is 0 Å². The van der Waals surface area contributed by atoms with Gasteiger partial charge in [-0.05, 0) is 44.3 Å². The Morgan fingerprint density at radius 1 is 1.17 bits per heavy atom. The molecule has 4 heterocycles. The Morgan fingerprint density at radius 2 is 2.04 bits per heavy atom. The number of imidazole rings is 1. The van der Waals surface area contributed by atoms with Gasteiger partial charge in [0.25, 0.3) is 0 Å². The van der Waals surface area contributed by atoms with E-state index in [0.717, 1.165) is 54.5 Å². The van der Waals surface area contributed by atoms with Crippen LogP contribution in [0.15, 0.2) is 30.9 Å². The van der Waals surface area contributed by atoms with Gasteiger partial charge in [0.05, 0.1) is 23.3 Å². The number of aryl methyl sites for hydroxylation is 1. The van der Waals surface area contributed by atoms with Gasteiger partial charge in [-0.2, -0.15) is 0 Å². The van der Waals surface area contributed by atoms with Crippen molar-refractivity contribution in [2.24, 2.45) is 5.92 Å². The number of fused-ring (bicyclic) bond motifs is 1. The van der Waals surface area contributed by atoms with Crippen LogP contribution in [0, 0.1) is 5.92 Å². The third kappa shape index (κ3) is 2.89. The molecule has 1 saturated heterocycles. The zero-order chi connectivity index (χ0) is 16.4. The molecule has 0 spiro atoms. The quantitative estimate of drug-likeness (QED) is 0.798. The standard InChI is InChI=1S/C18H22N6/c1-2-17-21-8-5-14(23-17)16-12-22-18-15(20-9-10-24(16)18)11-13-3-6-19-7-4-13/h5,8-10,12-13,19H,2-4,6-7,11H2,1H3. The molecule has 0 bridgehead atoms. The zero-order valence-corrected chi connectivity index (χ0v) is 13.9. The molecule has 3 aromatic rings. The summed E-state index contributed by atoms with van der Waals surface area (Å²) in [5, 5.41) is 3.42. The van der Waals surface area contributed by atoms with Crippen molar-refractivity contribution in [2.75, 3.05) is 13.1 Å². The number of hydrogen-bond acceptors (Lipinski definition) is 5. The largest absolute Gasteiger partial charge is 0.317 e. The summed E-state index contributed by atoms with van der Waals surface area (Å²) in [5.41, 5.74) is 3.94. The van der Waals surface area contributed by atoms with Crippen LogP contribution in [0.3, 0.4) is 0 Å². The Bertz CT molecular complexity index is 834. The van der Waals surface area contributed by atoms with Crippen LogP contribution < -0.4 is 5.32 Å². The van der Waals surface area contributed by atoms with Crippen LogP contribution in [0.5, 0.6) is 0 Å². The van der Waals surface area contributed by atoms with Crippen molar-refractivity contribution in [3.63, 3.8) is 0 Å². The molecule has 0 radical (unpaired) electrons. The minimum absolute atomic E-state index is 0.691. The molecule has 4 rings (SSSR count). The van der Waals surface area contributed by atoms with Crippen molar-refractivity contribution in [3.05, 3.63) is 42.4 Å². The molecule has 6 nitrogen and oxygen atoms in total. The lowest BCUT2D eigenvalue weighted by atomic mass is 9.93. The molecule has 6 heteroatoms. The van der Waals surface area contributed by atoms with E-state index in [1.165, 1.54) is 12.8 Å². The maximum absolute atomic E-state index is 4.64. The summed E-state index contributed by atoms with van der Waals surface area (Å²) in [6, 6.07) is 1.94. The van der Waals surface area contributed by atoms with Gasteiger partial charge < -0.3 is 5.32 Å². The third-order valence-electron chi connectivity index (χ3n) is 4.73. The molecule has 0 unspecified atom stereocenters. The summed E-state index contributed by atoms with van der Waals surface area (Å²) in [6.07, 6.45) is 11.8.